The molecule has 0 aliphatic rings. The molecule has 0 bridgehead atoms. The molecule has 0 saturated heterocycles. The van der Waals surface area contributed by atoms with Crippen LogP contribution in [0.15, 0.2) is 23.0 Å². The Balaban J connectivity index is 2.17. The second kappa shape index (κ2) is 4.35. The van der Waals surface area contributed by atoms with E-state index in [2.05, 4.69) is 15.3 Å². The molecule has 0 unspecified atom stereocenters. The van der Waals surface area contributed by atoms with Crippen molar-refractivity contribution < 1.29 is 5.11 Å². The summed E-state index contributed by atoms with van der Waals surface area (Å²) in [5, 5.41) is 12.4. The second-order valence-corrected chi connectivity index (χ2v) is 4.85. The van der Waals surface area contributed by atoms with E-state index in [4.69, 9.17) is 5.11 Å². The zero-order valence-corrected chi connectivity index (χ0v) is 10.0. The average Bonchev–Trinajstić information content (AvgIpc) is 2.66. The van der Waals surface area contributed by atoms with Gasteiger partial charge in [-0.25, -0.2) is 4.79 Å². The van der Waals surface area contributed by atoms with E-state index in [9.17, 15) is 4.79 Å². The first-order valence-corrected chi connectivity index (χ1v) is 5.57. The van der Waals surface area contributed by atoms with Crippen LogP contribution in [0.4, 0.5) is 0 Å². The summed E-state index contributed by atoms with van der Waals surface area (Å²) in [4.78, 5) is 16.5. The lowest BCUT2D eigenvalue weighted by molar-refractivity contribution is 0.187. The van der Waals surface area contributed by atoms with Crippen molar-refractivity contribution in [1.82, 2.24) is 15.3 Å². The van der Waals surface area contributed by atoms with Gasteiger partial charge in [-0.1, -0.05) is 6.07 Å². The Morgan fingerprint density at radius 1 is 1.29 bits per heavy atom. The van der Waals surface area contributed by atoms with E-state index in [0.717, 1.165) is 16.6 Å². The van der Waals surface area contributed by atoms with Gasteiger partial charge in [0.05, 0.1) is 17.6 Å². The maximum atomic E-state index is 11.1. The van der Waals surface area contributed by atoms with Crippen molar-refractivity contribution in [3.63, 3.8) is 0 Å². The SMILES string of the molecule is CC(C)(CO)NCc1ccc2[nH]c(=O)[nH]c2c1. The minimum atomic E-state index is -0.305. The Hall–Kier alpha value is -1.59. The van der Waals surface area contributed by atoms with Gasteiger partial charge in [-0.3, -0.25) is 0 Å². The average molecular weight is 235 g/mol. The number of H-pyrrole nitrogens is 2. The summed E-state index contributed by atoms with van der Waals surface area (Å²) in [6, 6.07) is 5.75. The van der Waals surface area contributed by atoms with Crippen molar-refractivity contribution >= 4 is 11.0 Å². The third kappa shape index (κ3) is 2.75. The summed E-state index contributed by atoms with van der Waals surface area (Å²) in [7, 11) is 0. The Bertz CT molecular complexity index is 568. The molecule has 0 fully saturated rings. The van der Waals surface area contributed by atoms with E-state index < -0.39 is 0 Å². The van der Waals surface area contributed by atoms with Gasteiger partial charge in [0.15, 0.2) is 0 Å². The Labute approximate surface area is 98.9 Å². The van der Waals surface area contributed by atoms with Gasteiger partial charge in [0.1, 0.15) is 0 Å². The monoisotopic (exact) mass is 235 g/mol. The number of rotatable bonds is 4. The number of aromatic amines is 2. The van der Waals surface area contributed by atoms with Crippen molar-refractivity contribution in [3.05, 3.63) is 34.2 Å². The van der Waals surface area contributed by atoms with Crippen molar-refractivity contribution in [2.75, 3.05) is 6.61 Å². The first kappa shape index (κ1) is 11.9. The fraction of sp³-hybridized carbons (Fsp3) is 0.417. The summed E-state index contributed by atoms with van der Waals surface area (Å²) in [6.07, 6.45) is 0. The molecule has 5 nitrogen and oxygen atoms in total. The third-order valence-corrected chi connectivity index (χ3v) is 2.75. The summed E-state index contributed by atoms with van der Waals surface area (Å²) in [6.45, 7) is 4.60. The molecule has 0 aliphatic heterocycles. The standard InChI is InChI=1S/C12H17N3O2/c1-12(2,7-16)13-6-8-3-4-9-10(5-8)15-11(17)14-9/h3-5,13,16H,6-7H2,1-2H3,(H2,14,15,17). The zero-order chi connectivity index (χ0) is 12.5. The van der Waals surface area contributed by atoms with Gasteiger partial charge >= 0.3 is 5.69 Å². The maximum absolute atomic E-state index is 11.1. The quantitative estimate of drug-likeness (QED) is 0.630. The Kier molecular flexibility index (Phi) is 3.04. The molecule has 4 N–H and O–H groups in total. The van der Waals surface area contributed by atoms with Crippen LogP contribution in [0.3, 0.4) is 0 Å². The fourth-order valence-corrected chi connectivity index (χ4v) is 1.59. The van der Waals surface area contributed by atoms with Gasteiger partial charge < -0.3 is 20.4 Å². The fourth-order valence-electron chi connectivity index (χ4n) is 1.59. The van der Waals surface area contributed by atoms with Crippen molar-refractivity contribution in [1.29, 1.82) is 0 Å². The molecule has 0 atom stereocenters. The lowest BCUT2D eigenvalue weighted by Crippen LogP contribution is -2.42. The molecule has 0 aliphatic carbocycles. The molecule has 0 saturated carbocycles. The summed E-state index contributed by atoms with van der Waals surface area (Å²) >= 11 is 0. The van der Waals surface area contributed by atoms with Crippen molar-refractivity contribution in [3.8, 4) is 0 Å². The molecule has 0 amide bonds. The number of imidazole rings is 1. The maximum Gasteiger partial charge on any atom is 0.323 e. The molecule has 0 radical (unpaired) electrons. The van der Waals surface area contributed by atoms with Gasteiger partial charge in [0.25, 0.3) is 0 Å². The van der Waals surface area contributed by atoms with E-state index in [1.54, 1.807) is 0 Å². The number of hydrogen-bond donors (Lipinski definition) is 4. The van der Waals surface area contributed by atoms with Crippen LogP contribution < -0.4 is 11.0 Å². The smallest absolute Gasteiger partial charge is 0.323 e. The summed E-state index contributed by atoms with van der Waals surface area (Å²) in [5.41, 5.74) is 2.17. The summed E-state index contributed by atoms with van der Waals surface area (Å²) < 4.78 is 0. The molecule has 17 heavy (non-hydrogen) atoms. The highest BCUT2D eigenvalue weighted by Gasteiger charge is 2.14. The lowest BCUT2D eigenvalue weighted by atomic mass is 10.1. The minimum Gasteiger partial charge on any atom is -0.394 e. The van der Waals surface area contributed by atoms with Crippen LogP contribution in [0.1, 0.15) is 19.4 Å². The number of fused-ring (bicyclic) bond motifs is 1. The third-order valence-electron chi connectivity index (χ3n) is 2.75. The van der Waals surface area contributed by atoms with Gasteiger partial charge in [0, 0.05) is 12.1 Å². The number of aliphatic hydroxyl groups excluding tert-OH is 1. The number of aliphatic hydroxyl groups is 1. The Morgan fingerprint density at radius 2 is 2.00 bits per heavy atom. The lowest BCUT2D eigenvalue weighted by Gasteiger charge is -2.23. The normalized spacial score (nSPS) is 12.2. The van der Waals surface area contributed by atoms with E-state index in [0.29, 0.717) is 6.54 Å². The van der Waals surface area contributed by atoms with Crippen LogP contribution >= 0.6 is 0 Å². The molecular formula is C12H17N3O2. The van der Waals surface area contributed by atoms with Crippen molar-refractivity contribution in [2.45, 2.75) is 25.9 Å². The molecule has 5 heteroatoms. The van der Waals surface area contributed by atoms with E-state index in [-0.39, 0.29) is 17.8 Å². The summed E-state index contributed by atoms with van der Waals surface area (Å²) in [5.74, 6) is 0. The van der Waals surface area contributed by atoms with E-state index in [1.165, 1.54) is 0 Å². The van der Waals surface area contributed by atoms with Crippen LogP contribution in [-0.2, 0) is 6.54 Å². The molecule has 1 heterocycles. The van der Waals surface area contributed by atoms with Crippen LogP contribution in [0.25, 0.3) is 11.0 Å². The first-order chi connectivity index (χ1) is 8.00. The molecule has 0 spiro atoms. The number of hydrogen-bond acceptors (Lipinski definition) is 3. The van der Waals surface area contributed by atoms with Gasteiger partial charge in [0.2, 0.25) is 0 Å². The van der Waals surface area contributed by atoms with Crippen molar-refractivity contribution in [2.24, 2.45) is 0 Å². The minimum absolute atomic E-state index is 0.0796. The topological polar surface area (TPSA) is 80.9 Å². The number of nitrogens with one attached hydrogen (secondary N) is 3. The second-order valence-electron chi connectivity index (χ2n) is 4.85. The van der Waals surface area contributed by atoms with E-state index >= 15 is 0 Å². The molecule has 1 aromatic carbocycles. The molecule has 1 aromatic heterocycles. The van der Waals surface area contributed by atoms with Crippen LogP contribution in [0.2, 0.25) is 0 Å². The first-order valence-electron chi connectivity index (χ1n) is 5.57. The van der Waals surface area contributed by atoms with Crippen LogP contribution in [0, 0.1) is 0 Å². The predicted molar refractivity (Wildman–Crippen MR) is 66.9 cm³/mol. The number of aromatic nitrogens is 2. The van der Waals surface area contributed by atoms with Crippen LogP contribution in [-0.4, -0.2) is 27.2 Å². The highest BCUT2D eigenvalue weighted by atomic mass is 16.3. The largest absolute Gasteiger partial charge is 0.394 e. The van der Waals surface area contributed by atoms with E-state index in [1.807, 2.05) is 32.0 Å². The van der Waals surface area contributed by atoms with Gasteiger partial charge in [-0.2, -0.15) is 0 Å². The molecule has 92 valence electrons. The number of benzene rings is 1. The molecular weight excluding hydrogens is 218 g/mol. The zero-order valence-electron chi connectivity index (χ0n) is 10.0. The van der Waals surface area contributed by atoms with Crippen LogP contribution in [0.5, 0.6) is 0 Å². The molecule has 2 aromatic rings. The Morgan fingerprint density at radius 3 is 2.71 bits per heavy atom. The molecule has 2 rings (SSSR count). The van der Waals surface area contributed by atoms with Gasteiger partial charge in [-0.15, -0.1) is 0 Å². The highest BCUT2D eigenvalue weighted by molar-refractivity contribution is 5.74. The highest BCUT2D eigenvalue weighted by Crippen LogP contribution is 2.11. The van der Waals surface area contributed by atoms with Gasteiger partial charge in [-0.05, 0) is 31.5 Å². The predicted octanol–water partition coefficient (Wildman–Crippen LogP) is 0.717.